The Balaban J connectivity index is 2.78. The van der Waals surface area contributed by atoms with Crippen LogP contribution in [0.5, 0.6) is 0 Å². The van der Waals surface area contributed by atoms with E-state index in [1.54, 1.807) is 0 Å². The Morgan fingerprint density at radius 3 is 2.89 bits per heavy atom. The molecule has 1 rings (SSSR count). The van der Waals surface area contributed by atoms with Crippen molar-refractivity contribution in [1.29, 1.82) is 0 Å². The highest BCUT2D eigenvalue weighted by Crippen LogP contribution is 2.05. The minimum atomic E-state index is 0.855. The van der Waals surface area contributed by atoms with Crippen molar-refractivity contribution in [2.75, 3.05) is 6.54 Å². The third-order valence-electron chi connectivity index (χ3n) is 1.35. The minimum absolute atomic E-state index is 0.855. The molecule has 0 saturated heterocycles. The third kappa shape index (κ3) is 1.53. The average Bonchev–Trinajstić information content (AvgIpc) is 1.88. The SMILES string of the molecule is C/C=C1\C=C(C)C=NC1. The molecule has 0 aromatic heterocycles. The summed E-state index contributed by atoms with van der Waals surface area (Å²) in [5.74, 6) is 0. The van der Waals surface area contributed by atoms with Gasteiger partial charge >= 0.3 is 0 Å². The molecule has 0 saturated carbocycles. The largest absolute Gasteiger partial charge is 0.288 e. The molecule has 1 nitrogen and oxygen atoms in total. The van der Waals surface area contributed by atoms with Crippen molar-refractivity contribution in [2.45, 2.75) is 13.8 Å². The topological polar surface area (TPSA) is 12.4 Å². The maximum Gasteiger partial charge on any atom is 0.0636 e. The summed E-state index contributed by atoms with van der Waals surface area (Å²) >= 11 is 0. The molecule has 0 atom stereocenters. The van der Waals surface area contributed by atoms with Gasteiger partial charge < -0.3 is 0 Å². The summed E-state index contributed by atoms with van der Waals surface area (Å²) in [7, 11) is 0. The summed E-state index contributed by atoms with van der Waals surface area (Å²) in [5.41, 5.74) is 2.56. The highest BCUT2D eigenvalue weighted by atomic mass is 14.7. The highest BCUT2D eigenvalue weighted by molar-refractivity contribution is 5.80. The monoisotopic (exact) mass is 121 g/mol. The Morgan fingerprint density at radius 2 is 2.44 bits per heavy atom. The Hall–Kier alpha value is -0.850. The quantitative estimate of drug-likeness (QED) is 0.464. The van der Waals surface area contributed by atoms with Gasteiger partial charge in [-0.05, 0) is 25.0 Å². The predicted octanol–water partition coefficient (Wildman–Crippen LogP) is 1.96. The van der Waals surface area contributed by atoms with E-state index in [9.17, 15) is 0 Å². The summed E-state index contributed by atoms with van der Waals surface area (Å²) in [4.78, 5) is 4.15. The van der Waals surface area contributed by atoms with Crippen molar-refractivity contribution in [3.63, 3.8) is 0 Å². The molecule has 0 aliphatic carbocycles. The zero-order chi connectivity index (χ0) is 6.69. The maximum absolute atomic E-state index is 4.15. The Morgan fingerprint density at radius 1 is 1.67 bits per heavy atom. The van der Waals surface area contributed by atoms with E-state index in [1.807, 2.05) is 13.1 Å². The molecular formula is C8H11N. The number of aliphatic imine (C=N–C) groups is 1. The van der Waals surface area contributed by atoms with Crippen LogP contribution in [0.25, 0.3) is 0 Å². The standard InChI is InChI=1S/C8H11N/c1-3-8-4-7(2)5-9-6-8/h3-5H,6H2,1-2H3/b8-3+. The van der Waals surface area contributed by atoms with Gasteiger partial charge in [0.1, 0.15) is 0 Å². The van der Waals surface area contributed by atoms with Crippen LogP contribution in [-0.2, 0) is 0 Å². The first-order valence-corrected chi connectivity index (χ1v) is 3.16. The lowest BCUT2D eigenvalue weighted by Gasteiger charge is -2.02. The van der Waals surface area contributed by atoms with Gasteiger partial charge in [0, 0.05) is 6.21 Å². The molecule has 9 heavy (non-hydrogen) atoms. The fourth-order valence-electron chi connectivity index (χ4n) is 0.845. The van der Waals surface area contributed by atoms with Crippen LogP contribution in [0.1, 0.15) is 13.8 Å². The van der Waals surface area contributed by atoms with Gasteiger partial charge in [0.05, 0.1) is 6.54 Å². The number of dihydropyridines is 1. The fourth-order valence-corrected chi connectivity index (χ4v) is 0.845. The molecular weight excluding hydrogens is 110 g/mol. The molecule has 48 valence electrons. The number of nitrogens with zero attached hydrogens (tertiary/aromatic N) is 1. The second-order valence-corrected chi connectivity index (χ2v) is 2.22. The van der Waals surface area contributed by atoms with E-state index >= 15 is 0 Å². The van der Waals surface area contributed by atoms with E-state index in [4.69, 9.17) is 0 Å². The van der Waals surface area contributed by atoms with Crippen LogP contribution in [0.3, 0.4) is 0 Å². The summed E-state index contributed by atoms with van der Waals surface area (Å²) in [6.45, 7) is 4.96. The first-order valence-electron chi connectivity index (χ1n) is 3.16. The molecule has 0 fully saturated rings. The zero-order valence-electron chi connectivity index (χ0n) is 5.89. The van der Waals surface area contributed by atoms with Crippen LogP contribution in [0, 0.1) is 0 Å². The minimum Gasteiger partial charge on any atom is -0.288 e. The number of hydrogen-bond acceptors (Lipinski definition) is 1. The second-order valence-electron chi connectivity index (χ2n) is 2.22. The first-order chi connectivity index (χ1) is 4.33. The van der Waals surface area contributed by atoms with Crippen LogP contribution in [0.2, 0.25) is 0 Å². The fraction of sp³-hybridized carbons (Fsp3) is 0.375. The lowest BCUT2D eigenvalue weighted by molar-refractivity contribution is 1.15. The van der Waals surface area contributed by atoms with Crippen LogP contribution < -0.4 is 0 Å². The van der Waals surface area contributed by atoms with Crippen molar-refractivity contribution in [1.82, 2.24) is 0 Å². The summed E-state index contributed by atoms with van der Waals surface area (Å²) < 4.78 is 0. The Kier molecular flexibility index (Phi) is 1.83. The van der Waals surface area contributed by atoms with Gasteiger partial charge in [-0.2, -0.15) is 0 Å². The summed E-state index contributed by atoms with van der Waals surface area (Å²) in [6.07, 6.45) is 6.17. The Bertz CT molecular complexity index is 185. The molecule has 1 aliphatic rings. The van der Waals surface area contributed by atoms with Gasteiger partial charge in [-0.1, -0.05) is 12.2 Å². The summed E-state index contributed by atoms with van der Waals surface area (Å²) in [5, 5.41) is 0. The molecule has 0 bridgehead atoms. The normalized spacial score (nSPS) is 22.4. The molecule has 0 radical (unpaired) electrons. The van der Waals surface area contributed by atoms with E-state index in [0.717, 1.165) is 6.54 Å². The second kappa shape index (κ2) is 2.62. The molecule has 0 aromatic rings. The van der Waals surface area contributed by atoms with E-state index in [0.29, 0.717) is 0 Å². The predicted molar refractivity (Wildman–Crippen MR) is 40.9 cm³/mol. The molecule has 1 heteroatoms. The van der Waals surface area contributed by atoms with Gasteiger partial charge in [0.2, 0.25) is 0 Å². The van der Waals surface area contributed by atoms with Crippen LogP contribution in [-0.4, -0.2) is 12.8 Å². The van der Waals surface area contributed by atoms with Gasteiger partial charge in [-0.3, -0.25) is 4.99 Å². The molecule has 0 spiro atoms. The zero-order valence-corrected chi connectivity index (χ0v) is 5.89. The molecule has 0 aromatic carbocycles. The lowest BCUT2D eigenvalue weighted by atomic mass is 10.1. The first kappa shape index (κ1) is 6.27. The van der Waals surface area contributed by atoms with Gasteiger partial charge in [-0.15, -0.1) is 0 Å². The number of hydrogen-bond donors (Lipinski definition) is 0. The third-order valence-corrected chi connectivity index (χ3v) is 1.35. The van der Waals surface area contributed by atoms with Crippen LogP contribution in [0.15, 0.2) is 28.3 Å². The van der Waals surface area contributed by atoms with Crippen molar-refractivity contribution in [2.24, 2.45) is 4.99 Å². The van der Waals surface area contributed by atoms with Crippen molar-refractivity contribution < 1.29 is 0 Å². The molecule has 1 heterocycles. The van der Waals surface area contributed by atoms with E-state index < -0.39 is 0 Å². The van der Waals surface area contributed by atoms with Crippen molar-refractivity contribution in [3.8, 4) is 0 Å². The van der Waals surface area contributed by atoms with E-state index in [-0.39, 0.29) is 0 Å². The Labute approximate surface area is 55.8 Å². The van der Waals surface area contributed by atoms with Gasteiger partial charge in [0.25, 0.3) is 0 Å². The average molecular weight is 121 g/mol. The molecule has 0 unspecified atom stereocenters. The molecule has 1 aliphatic heterocycles. The van der Waals surface area contributed by atoms with E-state index in [2.05, 4.69) is 24.1 Å². The van der Waals surface area contributed by atoms with Crippen LogP contribution >= 0.6 is 0 Å². The smallest absolute Gasteiger partial charge is 0.0636 e. The number of allylic oxidation sites excluding steroid dienone is 2. The van der Waals surface area contributed by atoms with Crippen molar-refractivity contribution in [3.05, 3.63) is 23.3 Å². The molecule has 0 amide bonds. The number of rotatable bonds is 0. The van der Waals surface area contributed by atoms with Crippen LogP contribution in [0.4, 0.5) is 0 Å². The van der Waals surface area contributed by atoms with Crippen molar-refractivity contribution >= 4 is 6.21 Å². The summed E-state index contributed by atoms with van der Waals surface area (Å²) in [6, 6.07) is 0. The van der Waals surface area contributed by atoms with Gasteiger partial charge in [0.15, 0.2) is 0 Å². The van der Waals surface area contributed by atoms with E-state index in [1.165, 1.54) is 11.1 Å². The lowest BCUT2D eigenvalue weighted by Crippen LogP contribution is -1.94. The molecule has 0 N–H and O–H groups in total. The van der Waals surface area contributed by atoms with Gasteiger partial charge in [-0.25, -0.2) is 0 Å². The maximum atomic E-state index is 4.15. The highest BCUT2D eigenvalue weighted by Gasteiger charge is 1.94.